The highest BCUT2D eigenvalue weighted by atomic mass is 15.1. The Bertz CT molecular complexity index is 5090. The molecule has 3 nitrogen and oxygen atoms in total. The van der Waals surface area contributed by atoms with E-state index in [1.54, 1.807) is 0 Å². The minimum atomic E-state index is 1.07. The summed E-state index contributed by atoms with van der Waals surface area (Å²) < 4.78 is 2.37. The Morgan fingerprint density at radius 1 is 0.188 bits per heavy atom. The summed E-state index contributed by atoms with van der Waals surface area (Å²) in [6.45, 7) is 0. The van der Waals surface area contributed by atoms with E-state index in [0.29, 0.717) is 0 Å². The molecule has 0 bridgehead atoms. The Hall–Kier alpha value is -11.3. The minimum absolute atomic E-state index is 1.07. The molecular weight excluding hydrogens is 1030 g/mol. The number of nitrogens with zero attached hydrogens (tertiary/aromatic N) is 3. The van der Waals surface area contributed by atoms with E-state index in [4.69, 9.17) is 0 Å². The lowest BCUT2D eigenvalue weighted by Crippen LogP contribution is -2.10. The smallest absolute Gasteiger partial charge is 0.0541 e. The van der Waals surface area contributed by atoms with E-state index in [0.717, 1.165) is 56.5 Å². The molecule has 0 amide bonds. The SMILES string of the molecule is c1ccc(N(c2ccc(-c3ccc(N(c4ccc(-c5ccc(-c6ccc7c(c6)c6ccccc6n7-c6ccccc6)cc5)cc4)c4ccc(-c5ccc6c7ccccc7c7ccccc7c6c5)cc4)cc3)cc2)c2cccc3ccccc23)cc1. The normalized spacial score (nSPS) is 11.5. The van der Waals surface area contributed by atoms with Gasteiger partial charge in [0.15, 0.2) is 0 Å². The Balaban J connectivity index is 0.729. The number of para-hydroxylation sites is 3. The Morgan fingerprint density at radius 3 is 1.07 bits per heavy atom. The van der Waals surface area contributed by atoms with Crippen LogP contribution in [0.4, 0.5) is 34.1 Å². The van der Waals surface area contributed by atoms with Crippen LogP contribution < -0.4 is 9.80 Å². The fraction of sp³-hybridized carbons (Fsp3) is 0. The average molecular weight is 1080 g/mol. The van der Waals surface area contributed by atoms with Crippen LogP contribution in [0, 0.1) is 0 Å². The maximum absolute atomic E-state index is 2.38. The van der Waals surface area contributed by atoms with E-state index >= 15 is 0 Å². The van der Waals surface area contributed by atoms with Crippen molar-refractivity contribution in [2.24, 2.45) is 0 Å². The van der Waals surface area contributed by atoms with Crippen molar-refractivity contribution < 1.29 is 0 Å². The summed E-state index contributed by atoms with van der Waals surface area (Å²) in [6, 6.07) is 122. The topological polar surface area (TPSA) is 11.4 Å². The van der Waals surface area contributed by atoms with Crippen LogP contribution in [0.3, 0.4) is 0 Å². The molecule has 1 aromatic heterocycles. The van der Waals surface area contributed by atoms with Gasteiger partial charge in [0.1, 0.15) is 0 Å². The molecule has 15 aromatic carbocycles. The monoisotopic (exact) mass is 1080 g/mol. The number of fused-ring (bicyclic) bond motifs is 10. The first-order valence-electron chi connectivity index (χ1n) is 29.2. The third-order valence-corrected chi connectivity index (χ3v) is 17.2. The van der Waals surface area contributed by atoms with Crippen LogP contribution in [0.2, 0.25) is 0 Å². The van der Waals surface area contributed by atoms with E-state index < -0.39 is 0 Å². The number of hydrogen-bond acceptors (Lipinski definition) is 2. The number of benzene rings is 15. The van der Waals surface area contributed by atoms with E-state index in [1.165, 1.54) is 92.7 Å². The summed E-state index contributed by atoms with van der Waals surface area (Å²) in [4.78, 5) is 4.73. The molecule has 3 heteroatoms. The van der Waals surface area contributed by atoms with Gasteiger partial charge in [-0.3, -0.25) is 0 Å². The van der Waals surface area contributed by atoms with Crippen molar-refractivity contribution in [1.82, 2.24) is 4.57 Å². The van der Waals surface area contributed by atoms with Crippen LogP contribution >= 0.6 is 0 Å². The zero-order chi connectivity index (χ0) is 56.2. The van der Waals surface area contributed by atoms with Crippen LogP contribution in [0.1, 0.15) is 0 Å². The molecule has 85 heavy (non-hydrogen) atoms. The first-order chi connectivity index (χ1) is 42.1. The number of aromatic nitrogens is 1. The second-order valence-corrected chi connectivity index (χ2v) is 22.0. The van der Waals surface area contributed by atoms with Crippen LogP contribution in [0.25, 0.3) is 115 Å². The van der Waals surface area contributed by atoms with Crippen LogP contribution in [-0.2, 0) is 0 Å². The molecule has 0 radical (unpaired) electrons. The fourth-order valence-corrected chi connectivity index (χ4v) is 13.0. The second kappa shape index (κ2) is 20.9. The lowest BCUT2D eigenvalue weighted by molar-refractivity contribution is 1.18. The van der Waals surface area contributed by atoms with Gasteiger partial charge in [0.25, 0.3) is 0 Å². The Labute approximate surface area is 494 Å². The second-order valence-electron chi connectivity index (χ2n) is 22.0. The van der Waals surface area contributed by atoms with Crippen molar-refractivity contribution in [2.75, 3.05) is 9.80 Å². The minimum Gasteiger partial charge on any atom is -0.311 e. The van der Waals surface area contributed by atoms with Gasteiger partial charge in [-0.2, -0.15) is 0 Å². The molecular formula is C82H55N3. The highest BCUT2D eigenvalue weighted by Crippen LogP contribution is 2.43. The molecule has 0 aliphatic rings. The largest absolute Gasteiger partial charge is 0.311 e. The first kappa shape index (κ1) is 49.5. The molecule has 0 saturated heterocycles. The quantitative estimate of drug-likeness (QED) is 0.120. The highest BCUT2D eigenvalue weighted by Gasteiger charge is 2.19. The molecule has 0 fully saturated rings. The number of anilines is 6. The van der Waals surface area contributed by atoms with Crippen molar-refractivity contribution in [3.63, 3.8) is 0 Å². The summed E-state index contributed by atoms with van der Waals surface area (Å²) in [6.07, 6.45) is 0. The molecule has 0 aliphatic heterocycles. The fourth-order valence-electron chi connectivity index (χ4n) is 13.0. The van der Waals surface area contributed by atoms with Crippen molar-refractivity contribution >= 4 is 99.0 Å². The Kier molecular flexibility index (Phi) is 12.2. The summed E-state index contributed by atoms with van der Waals surface area (Å²) in [5.41, 5.74) is 19.6. The van der Waals surface area contributed by atoms with Crippen molar-refractivity contribution in [2.45, 2.75) is 0 Å². The average Bonchev–Trinajstić information content (AvgIpc) is 2.45. The standard InChI is InChI=1S/C82H55N3/c1-3-18-65(19-4-1)84(80-29-15-17-62-16-7-8-22-71(62)80)70-50-38-59(39-51-70)58-36-46-68(47-37-58)83(69-48-40-61(41-49-69)63-42-52-76-74-25-10-9-23-72(74)73-24-11-12-26-75(73)78(76)54-63)67-44-34-57(35-45-67)56-30-32-60(33-31-56)64-43-53-82-79(55-64)77-27-13-14-28-81(77)85(82)66-20-5-2-6-21-66/h1-55H. The van der Waals surface area contributed by atoms with Gasteiger partial charge >= 0.3 is 0 Å². The molecule has 0 spiro atoms. The molecule has 0 atom stereocenters. The molecule has 0 saturated carbocycles. The predicted molar refractivity (Wildman–Crippen MR) is 362 cm³/mol. The van der Waals surface area contributed by atoms with Crippen molar-refractivity contribution in [3.8, 4) is 50.2 Å². The summed E-state index contributed by atoms with van der Waals surface area (Å²) in [5, 5.41) is 12.6. The summed E-state index contributed by atoms with van der Waals surface area (Å²) in [7, 11) is 0. The molecule has 0 unspecified atom stereocenters. The van der Waals surface area contributed by atoms with Crippen LogP contribution in [-0.4, -0.2) is 4.57 Å². The molecule has 1 heterocycles. The summed E-state index contributed by atoms with van der Waals surface area (Å²) >= 11 is 0. The predicted octanol–water partition coefficient (Wildman–Crippen LogP) is 23.0. The molecule has 16 rings (SSSR count). The third kappa shape index (κ3) is 8.86. The molecule has 0 aliphatic carbocycles. The van der Waals surface area contributed by atoms with Gasteiger partial charge in [-0.15, -0.1) is 0 Å². The van der Waals surface area contributed by atoms with Crippen molar-refractivity contribution in [1.29, 1.82) is 0 Å². The maximum atomic E-state index is 2.38. The van der Waals surface area contributed by atoms with Crippen LogP contribution in [0.15, 0.2) is 334 Å². The van der Waals surface area contributed by atoms with Gasteiger partial charge in [-0.1, -0.05) is 231 Å². The Morgan fingerprint density at radius 2 is 0.529 bits per heavy atom. The van der Waals surface area contributed by atoms with E-state index in [1.807, 2.05) is 0 Å². The molecule has 0 N–H and O–H groups in total. The molecule has 398 valence electrons. The van der Waals surface area contributed by atoms with Gasteiger partial charge in [-0.05, 0) is 185 Å². The van der Waals surface area contributed by atoms with Crippen molar-refractivity contribution in [3.05, 3.63) is 334 Å². The highest BCUT2D eigenvalue weighted by molar-refractivity contribution is 6.25. The van der Waals surface area contributed by atoms with E-state index in [9.17, 15) is 0 Å². The first-order valence-corrected chi connectivity index (χ1v) is 29.2. The van der Waals surface area contributed by atoms with Gasteiger partial charge in [-0.25, -0.2) is 0 Å². The molecule has 16 aromatic rings. The van der Waals surface area contributed by atoms with Gasteiger partial charge in [0.2, 0.25) is 0 Å². The van der Waals surface area contributed by atoms with E-state index in [-0.39, 0.29) is 0 Å². The number of hydrogen-bond donors (Lipinski definition) is 0. The third-order valence-electron chi connectivity index (χ3n) is 17.2. The van der Waals surface area contributed by atoms with Gasteiger partial charge in [0.05, 0.1) is 16.7 Å². The van der Waals surface area contributed by atoms with Gasteiger partial charge < -0.3 is 14.4 Å². The summed E-state index contributed by atoms with van der Waals surface area (Å²) in [5.74, 6) is 0. The van der Waals surface area contributed by atoms with Gasteiger partial charge in [0, 0.05) is 50.3 Å². The van der Waals surface area contributed by atoms with E-state index in [2.05, 4.69) is 348 Å². The zero-order valence-electron chi connectivity index (χ0n) is 46.6. The lowest BCUT2D eigenvalue weighted by atomic mass is 9.92. The van der Waals surface area contributed by atoms with Crippen LogP contribution in [0.5, 0.6) is 0 Å². The number of rotatable bonds is 11. The zero-order valence-corrected chi connectivity index (χ0v) is 46.6. The lowest BCUT2D eigenvalue weighted by Gasteiger charge is -2.27. The maximum Gasteiger partial charge on any atom is 0.0541 e.